The normalized spacial score (nSPS) is 27.4. The maximum Gasteiger partial charge on any atom is 0.332 e. The predicted molar refractivity (Wildman–Crippen MR) is 56.0 cm³/mol. The van der Waals surface area contributed by atoms with Crippen molar-refractivity contribution in [3.8, 4) is 0 Å². The van der Waals surface area contributed by atoms with Crippen LogP contribution in [0.5, 0.6) is 0 Å². The number of carboxylic acids is 1. The Morgan fingerprint density at radius 3 is 2.40 bits per heavy atom. The van der Waals surface area contributed by atoms with Crippen LogP contribution in [0, 0.1) is 11.8 Å². The van der Waals surface area contributed by atoms with Crippen LogP contribution in [0.15, 0.2) is 11.6 Å². The lowest BCUT2D eigenvalue weighted by atomic mass is 9.76. The standard InChI is InChI=1S/C11H17NO3/c1-7-4-2-3-5-8(7)9(11(14)15)6-10(12)13/h6-8H,2-5H2,1H3,(H2,12,13)(H,14,15)/b9-6-. The monoisotopic (exact) mass is 211 g/mol. The molecule has 1 saturated carbocycles. The van der Waals surface area contributed by atoms with Crippen LogP contribution in [0.25, 0.3) is 0 Å². The third-order valence-corrected chi connectivity index (χ3v) is 3.06. The maximum atomic E-state index is 11.0. The highest BCUT2D eigenvalue weighted by atomic mass is 16.4. The molecular formula is C11H17NO3. The first-order valence-corrected chi connectivity index (χ1v) is 5.26. The molecule has 0 bridgehead atoms. The molecule has 0 spiro atoms. The minimum Gasteiger partial charge on any atom is -0.478 e. The number of carbonyl (C=O) groups excluding carboxylic acids is 1. The summed E-state index contributed by atoms with van der Waals surface area (Å²) in [4.78, 5) is 21.7. The molecule has 1 aliphatic carbocycles. The van der Waals surface area contributed by atoms with Gasteiger partial charge < -0.3 is 10.8 Å². The third kappa shape index (κ3) is 3.08. The second-order valence-electron chi connectivity index (χ2n) is 4.18. The first-order chi connectivity index (χ1) is 7.02. The van der Waals surface area contributed by atoms with Gasteiger partial charge in [-0.1, -0.05) is 26.2 Å². The summed E-state index contributed by atoms with van der Waals surface area (Å²) in [5.74, 6) is -1.40. The molecule has 4 nitrogen and oxygen atoms in total. The average molecular weight is 211 g/mol. The molecule has 3 N–H and O–H groups in total. The van der Waals surface area contributed by atoms with E-state index in [0.29, 0.717) is 5.92 Å². The number of carboxylic acid groups (broad SMARTS) is 1. The van der Waals surface area contributed by atoms with Gasteiger partial charge in [-0.3, -0.25) is 4.79 Å². The van der Waals surface area contributed by atoms with E-state index >= 15 is 0 Å². The molecule has 84 valence electrons. The first kappa shape index (κ1) is 11.8. The van der Waals surface area contributed by atoms with E-state index in [1.165, 1.54) is 0 Å². The van der Waals surface area contributed by atoms with E-state index in [0.717, 1.165) is 31.8 Å². The predicted octanol–water partition coefficient (Wildman–Crippen LogP) is 1.31. The molecule has 0 saturated heterocycles. The second kappa shape index (κ2) is 4.96. The molecule has 0 aromatic heterocycles. The van der Waals surface area contributed by atoms with Crippen LogP contribution in [0.2, 0.25) is 0 Å². The molecular weight excluding hydrogens is 194 g/mol. The van der Waals surface area contributed by atoms with E-state index in [1.807, 2.05) is 6.92 Å². The molecule has 2 atom stereocenters. The molecule has 1 rings (SSSR count). The Balaban J connectivity index is 2.88. The summed E-state index contributed by atoms with van der Waals surface area (Å²) in [5.41, 5.74) is 5.18. The molecule has 0 radical (unpaired) electrons. The van der Waals surface area contributed by atoms with Crippen LogP contribution in [-0.4, -0.2) is 17.0 Å². The lowest BCUT2D eigenvalue weighted by Gasteiger charge is -2.28. The quantitative estimate of drug-likeness (QED) is 0.690. The molecule has 1 aliphatic rings. The van der Waals surface area contributed by atoms with E-state index < -0.39 is 11.9 Å². The maximum absolute atomic E-state index is 11.0. The van der Waals surface area contributed by atoms with E-state index in [1.54, 1.807) is 0 Å². The summed E-state index contributed by atoms with van der Waals surface area (Å²) in [5, 5.41) is 9.02. The molecule has 4 heteroatoms. The molecule has 0 aromatic rings. The molecule has 0 aliphatic heterocycles. The van der Waals surface area contributed by atoms with Crippen molar-refractivity contribution in [3.05, 3.63) is 11.6 Å². The zero-order chi connectivity index (χ0) is 11.4. The lowest BCUT2D eigenvalue weighted by molar-refractivity contribution is -0.134. The van der Waals surface area contributed by atoms with Crippen molar-refractivity contribution in [2.45, 2.75) is 32.6 Å². The van der Waals surface area contributed by atoms with Crippen molar-refractivity contribution in [3.63, 3.8) is 0 Å². The van der Waals surface area contributed by atoms with Gasteiger partial charge in [-0.2, -0.15) is 0 Å². The van der Waals surface area contributed by atoms with Crippen molar-refractivity contribution in [2.24, 2.45) is 17.6 Å². The smallest absolute Gasteiger partial charge is 0.332 e. The number of carbonyl (C=O) groups is 2. The number of aliphatic carboxylic acids is 1. The van der Waals surface area contributed by atoms with Gasteiger partial charge in [0.25, 0.3) is 0 Å². The van der Waals surface area contributed by atoms with Gasteiger partial charge in [0.15, 0.2) is 0 Å². The van der Waals surface area contributed by atoms with Gasteiger partial charge in [0.1, 0.15) is 0 Å². The zero-order valence-corrected chi connectivity index (χ0v) is 8.90. The Kier molecular flexibility index (Phi) is 3.88. The Labute approximate surface area is 89.2 Å². The van der Waals surface area contributed by atoms with Crippen LogP contribution in [0.3, 0.4) is 0 Å². The fourth-order valence-electron chi connectivity index (χ4n) is 2.26. The Bertz CT molecular complexity index is 296. The van der Waals surface area contributed by atoms with E-state index in [2.05, 4.69) is 0 Å². The van der Waals surface area contributed by atoms with Crippen molar-refractivity contribution in [2.75, 3.05) is 0 Å². The number of rotatable bonds is 3. The fourth-order valence-corrected chi connectivity index (χ4v) is 2.26. The minimum atomic E-state index is -1.02. The fraction of sp³-hybridized carbons (Fsp3) is 0.636. The van der Waals surface area contributed by atoms with Gasteiger partial charge in [-0.25, -0.2) is 4.79 Å². The lowest BCUT2D eigenvalue weighted by Crippen LogP contribution is -2.24. The Hall–Kier alpha value is -1.32. The Morgan fingerprint density at radius 2 is 1.93 bits per heavy atom. The highest BCUT2D eigenvalue weighted by molar-refractivity contribution is 5.97. The molecule has 1 amide bonds. The van der Waals surface area contributed by atoms with E-state index in [9.17, 15) is 9.59 Å². The second-order valence-corrected chi connectivity index (χ2v) is 4.18. The SMILES string of the molecule is CC1CCCCC1/C(=C/C(N)=O)C(=O)O. The number of primary amides is 1. The average Bonchev–Trinajstić information content (AvgIpc) is 2.15. The number of amides is 1. The molecule has 1 fully saturated rings. The van der Waals surface area contributed by atoms with Crippen molar-refractivity contribution < 1.29 is 14.7 Å². The summed E-state index contributed by atoms with van der Waals surface area (Å²) >= 11 is 0. The van der Waals surface area contributed by atoms with Crippen LogP contribution < -0.4 is 5.73 Å². The number of hydrogen-bond donors (Lipinski definition) is 2. The van der Waals surface area contributed by atoms with Gasteiger partial charge in [-0.15, -0.1) is 0 Å². The van der Waals surface area contributed by atoms with Crippen molar-refractivity contribution in [1.29, 1.82) is 0 Å². The molecule has 0 heterocycles. The van der Waals surface area contributed by atoms with Crippen LogP contribution in [0.1, 0.15) is 32.6 Å². The van der Waals surface area contributed by atoms with Crippen molar-refractivity contribution in [1.82, 2.24) is 0 Å². The first-order valence-electron chi connectivity index (χ1n) is 5.26. The summed E-state index contributed by atoms with van der Waals surface area (Å²) in [6, 6.07) is 0. The Morgan fingerprint density at radius 1 is 1.33 bits per heavy atom. The van der Waals surface area contributed by atoms with E-state index in [-0.39, 0.29) is 11.5 Å². The summed E-state index contributed by atoms with van der Waals surface area (Å²) < 4.78 is 0. The van der Waals surface area contributed by atoms with Crippen molar-refractivity contribution >= 4 is 11.9 Å². The highest BCUT2D eigenvalue weighted by Gasteiger charge is 2.28. The van der Waals surface area contributed by atoms with Crippen LogP contribution in [0.4, 0.5) is 0 Å². The highest BCUT2D eigenvalue weighted by Crippen LogP contribution is 2.34. The van der Waals surface area contributed by atoms with E-state index in [4.69, 9.17) is 10.8 Å². The zero-order valence-electron chi connectivity index (χ0n) is 8.90. The summed E-state index contributed by atoms with van der Waals surface area (Å²) in [6.45, 7) is 2.03. The number of hydrogen-bond acceptors (Lipinski definition) is 2. The molecule has 15 heavy (non-hydrogen) atoms. The van der Waals surface area contributed by atoms with Gasteiger partial charge in [0, 0.05) is 11.6 Å². The number of nitrogens with two attached hydrogens (primary N) is 1. The van der Waals surface area contributed by atoms with Crippen LogP contribution >= 0.6 is 0 Å². The van der Waals surface area contributed by atoms with Gasteiger partial charge in [-0.05, 0) is 18.3 Å². The minimum absolute atomic E-state index is 0.0243. The van der Waals surface area contributed by atoms with Gasteiger partial charge in [0.05, 0.1) is 0 Å². The van der Waals surface area contributed by atoms with Gasteiger partial charge in [0.2, 0.25) is 5.91 Å². The molecule has 0 aromatic carbocycles. The van der Waals surface area contributed by atoms with Crippen LogP contribution in [-0.2, 0) is 9.59 Å². The topological polar surface area (TPSA) is 80.4 Å². The summed E-state index contributed by atoms with van der Waals surface area (Å²) in [7, 11) is 0. The molecule has 2 unspecified atom stereocenters. The van der Waals surface area contributed by atoms with Gasteiger partial charge >= 0.3 is 5.97 Å². The summed E-state index contributed by atoms with van der Waals surface area (Å²) in [6.07, 6.45) is 5.09. The largest absolute Gasteiger partial charge is 0.478 e. The third-order valence-electron chi connectivity index (χ3n) is 3.06.